The molecular weight excluding hydrogens is 312 g/mol. The number of esters is 1. The van der Waals surface area contributed by atoms with Crippen LogP contribution in [-0.4, -0.2) is 19.7 Å². The number of carbonyl (C=O) groups excluding carboxylic acids is 1. The van der Waals surface area contributed by atoms with Gasteiger partial charge in [-0.05, 0) is 30.5 Å². The van der Waals surface area contributed by atoms with E-state index in [0.717, 1.165) is 12.2 Å². The number of unbranched alkanes of at least 4 members (excludes halogenated alkanes) is 8. The van der Waals surface area contributed by atoms with E-state index in [0.29, 0.717) is 6.61 Å². The number of ether oxygens (including phenoxy) is 2. The Morgan fingerprint density at radius 3 is 2.24 bits per heavy atom. The second-order valence-corrected chi connectivity index (χ2v) is 6.41. The van der Waals surface area contributed by atoms with Crippen LogP contribution >= 0.6 is 0 Å². The van der Waals surface area contributed by atoms with Crippen LogP contribution < -0.4 is 4.74 Å². The molecule has 0 aliphatic heterocycles. The molecule has 0 unspecified atom stereocenters. The lowest BCUT2D eigenvalue weighted by Gasteiger charge is -2.05. The fourth-order valence-electron chi connectivity index (χ4n) is 2.64. The van der Waals surface area contributed by atoms with Crippen molar-refractivity contribution >= 4 is 12.0 Å². The normalized spacial score (nSPS) is 11.0. The standard InChI is InChI=1S/C22H34O3/c1-3-4-5-6-7-8-9-10-11-12-13-20-14-16-21(17-15-20)25-19-18-22(23)24-2/h12-17H,3-11,18-19H2,1-2H3/b13-12-. The highest BCUT2D eigenvalue weighted by Gasteiger charge is 2.00. The van der Waals surface area contributed by atoms with Crippen molar-refractivity contribution in [3.05, 3.63) is 35.9 Å². The molecule has 0 spiro atoms. The maximum Gasteiger partial charge on any atom is 0.308 e. The third-order valence-corrected chi connectivity index (χ3v) is 4.22. The summed E-state index contributed by atoms with van der Waals surface area (Å²) in [7, 11) is 1.39. The maximum atomic E-state index is 11.0. The number of hydrogen-bond donors (Lipinski definition) is 0. The first kappa shape index (κ1) is 21.3. The van der Waals surface area contributed by atoms with Gasteiger partial charge in [0.1, 0.15) is 5.75 Å². The Labute approximate surface area is 153 Å². The molecule has 0 aliphatic rings. The van der Waals surface area contributed by atoms with Gasteiger partial charge >= 0.3 is 5.97 Å². The Morgan fingerprint density at radius 2 is 1.60 bits per heavy atom. The molecule has 0 amide bonds. The maximum absolute atomic E-state index is 11.0. The molecule has 1 aromatic carbocycles. The second-order valence-electron chi connectivity index (χ2n) is 6.41. The number of allylic oxidation sites excluding steroid dienone is 1. The Balaban J connectivity index is 2.10. The van der Waals surface area contributed by atoms with Crippen molar-refractivity contribution in [1.29, 1.82) is 0 Å². The van der Waals surface area contributed by atoms with Crippen LogP contribution in [0.1, 0.15) is 76.7 Å². The summed E-state index contributed by atoms with van der Waals surface area (Å²) in [5, 5.41) is 0. The number of hydrogen-bond acceptors (Lipinski definition) is 3. The molecule has 0 saturated carbocycles. The highest BCUT2D eigenvalue weighted by Crippen LogP contribution is 2.15. The largest absolute Gasteiger partial charge is 0.493 e. The van der Waals surface area contributed by atoms with E-state index in [9.17, 15) is 4.79 Å². The summed E-state index contributed by atoms with van der Waals surface area (Å²) in [5.74, 6) is 0.532. The van der Waals surface area contributed by atoms with Gasteiger partial charge in [0.05, 0.1) is 20.1 Å². The topological polar surface area (TPSA) is 35.5 Å². The number of benzene rings is 1. The zero-order valence-electron chi connectivity index (χ0n) is 16.0. The van der Waals surface area contributed by atoms with Gasteiger partial charge in [0.15, 0.2) is 0 Å². The Kier molecular flexibility index (Phi) is 12.4. The Hall–Kier alpha value is -1.77. The summed E-state index contributed by atoms with van der Waals surface area (Å²) in [6.45, 7) is 2.61. The zero-order chi connectivity index (χ0) is 18.2. The van der Waals surface area contributed by atoms with Gasteiger partial charge < -0.3 is 9.47 Å². The molecule has 0 N–H and O–H groups in total. The second kappa shape index (κ2) is 14.6. The minimum Gasteiger partial charge on any atom is -0.493 e. The van der Waals surface area contributed by atoms with Gasteiger partial charge in [-0.2, -0.15) is 0 Å². The monoisotopic (exact) mass is 346 g/mol. The summed E-state index contributed by atoms with van der Waals surface area (Å²) in [6.07, 6.45) is 16.7. The van der Waals surface area contributed by atoms with Crippen molar-refractivity contribution < 1.29 is 14.3 Å². The molecule has 0 radical (unpaired) electrons. The molecule has 0 aliphatic carbocycles. The van der Waals surface area contributed by atoms with Crippen LogP contribution in [-0.2, 0) is 9.53 Å². The van der Waals surface area contributed by atoms with Crippen LogP contribution in [0.15, 0.2) is 30.3 Å². The molecule has 0 aromatic heterocycles. The van der Waals surface area contributed by atoms with Gasteiger partial charge in [0.25, 0.3) is 0 Å². The highest BCUT2D eigenvalue weighted by molar-refractivity contribution is 5.69. The number of methoxy groups -OCH3 is 1. The summed E-state index contributed by atoms with van der Waals surface area (Å²) in [4.78, 5) is 11.0. The van der Waals surface area contributed by atoms with E-state index in [-0.39, 0.29) is 12.4 Å². The van der Waals surface area contributed by atoms with E-state index in [1.165, 1.54) is 64.0 Å². The van der Waals surface area contributed by atoms with E-state index in [2.05, 4.69) is 23.8 Å². The third kappa shape index (κ3) is 11.4. The SMILES string of the molecule is CCCCCCCCCC/C=C\c1ccc(OCCC(=O)OC)cc1. The first-order valence-corrected chi connectivity index (χ1v) is 9.72. The minimum atomic E-state index is -0.250. The lowest BCUT2D eigenvalue weighted by atomic mass is 10.1. The summed E-state index contributed by atoms with van der Waals surface area (Å²) < 4.78 is 10.1. The van der Waals surface area contributed by atoms with E-state index < -0.39 is 0 Å². The first-order chi connectivity index (χ1) is 12.3. The lowest BCUT2D eigenvalue weighted by Crippen LogP contribution is -2.07. The highest BCUT2D eigenvalue weighted by atomic mass is 16.5. The molecule has 1 rings (SSSR count). The fraction of sp³-hybridized carbons (Fsp3) is 0.591. The van der Waals surface area contributed by atoms with Crippen molar-refractivity contribution in [3.8, 4) is 5.75 Å². The van der Waals surface area contributed by atoms with E-state index in [1.807, 2.05) is 24.3 Å². The molecular formula is C22H34O3. The molecule has 0 heterocycles. The molecule has 1 aromatic rings. The predicted octanol–water partition coefficient (Wildman–Crippen LogP) is 6.17. The molecule has 140 valence electrons. The van der Waals surface area contributed by atoms with E-state index in [1.54, 1.807) is 0 Å². The van der Waals surface area contributed by atoms with Gasteiger partial charge in [-0.25, -0.2) is 0 Å². The zero-order valence-corrected chi connectivity index (χ0v) is 16.0. The van der Waals surface area contributed by atoms with Crippen LogP contribution in [0.3, 0.4) is 0 Å². The van der Waals surface area contributed by atoms with Crippen molar-refractivity contribution in [2.75, 3.05) is 13.7 Å². The molecule has 3 heteroatoms. The summed E-state index contributed by atoms with van der Waals surface area (Å²) >= 11 is 0. The molecule has 3 nitrogen and oxygen atoms in total. The molecule has 0 bridgehead atoms. The van der Waals surface area contributed by atoms with Gasteiger partial charge in [-0.3, -0.25) is 4.79 Å². The number of carbonyl (C=O) groups is 1. The predicted molar refractivity (Wildman–Crippen MR) is 105 cm³/mol. The van der Waals surface area contributed by atoms with Gasteiger partial charge in [-0.1, -0.05) is 76.2 Å². The third-order valence-electron chi connectivity index (χ3n) is 4.22. The summed E-state index contributed by atoms with van der Waals surface area (Å²) in [6, 6.07) is 7.95. The van der Waals surface area contributed by atoms with Crippen molar-refractivity contribution in [2.45, 2.75) is 71.1 Å². The number of rotatable bonds is 14. The van der Waals surface area contributed by atoms with Gasteiger partial charge in [0, 0.05) is 0 Å². The lowest BCUT2D eigenvalue weighted by molar-refractivity contribution is -0.141. The molecule has 0 saturated heterocycles. The average molecular weight is 347 g/mol. The van der Waals surface area contributed by atoms with Crippen molar-refractivity contribution in [1.82, 2.24) is 0 Å². The van der Waals surface area contributed by atoms with Crippen molar-refractivity contribution in [3.63, 3.8) is 0 Å². The van der Waals surface area contributed by atoms with Crippen LogP contribution in [0, 0.1) is 0 Å². The van der Waals surface area contributed by atoms with Crippen LogP contribution in [0.5, 0.6) is 5.75 Å². The van der Waals surface area contributed by atoms with E-state index in [4.69, 9.17) is 4.74 Å². The van der Waals surface area contributed by atoms with Crippen LogP contribution in [0.4, 0.5) is 0 Å². The quantitative estimate of drug-likeness (QED) is 0.298. The smallest absolute Gasteiger partial charge is 0.308 e. The first-order valence-electron chi connectivity index (χ1n) is 9.72. The fourth-order valence-corrected chi connectivity index (χ4v) is 2.64. The Bertz CT molecular complexity index is 477. The van der Waals surface area contributed by atoms with E-state index >= 15 is 0 Å². The van der Waals surface area contributed by atoms with Gasteiger partial charge in [0.2, 0.25) is 0 Å². The average Bonchev–Trinajstić information content (AvgIpc) is 2.64. The summed E-state index contributed by atoms with van der Waals surface area (Å²) in [5.41, 5.74) is 1.18. The molecule has 0 atom stereocenters. The minimum absolute atomic E-state index is 0.250. The Morgan fingerprint density at radius 1 is 0.960 bits per heavy atom. The van der Waals surface area contributed by atoms with Gasteiger partial charge in [-0.15, -0.1) is 0 Å². The van der Waals surface area contributed by atoms with Crippen LogP contribution in [0.2, 0.25) is 0 Å². The van der Waals surface area contributed by atoms with Crippen LogP contribution in [0.25, 0.3) is 6.08 Å². The molecule has 25 heavy (non-hydrogen) atoms. The van der Waals surface area contributed by atoms with Crippen molar-refractivity contribution in [2.24, 2.45) is 0 Å². The molecule has 0 fully saturated rings.